The summed E-state index contributed by atoms with van der Waals surface area (Å²) in [7, 11) is 1.34. The number of rotatable bonds is 4. The van der Waals surface area contributed by atoms with Crippen molar-refractivity contribution in [1.29, 1.82) is 0 Å². The van der Waals surface area contributed by atoms with E-state index in [4.69, 9.17) is 9.47 Å². The number of carbonyl (C=O) groups is 2. The first-order valence-electron chi connectivity index (χ1n) is 8.12. The highest BCUT2D eigenvalue weighted by atomic mass is 32.2. The van der Waals surface area contributed by atoms with Crippen LogP contribution in [0.1, 0.15) is 31.9 Å². The van der Waals surface area contributed by atoms with Crippen molar-refractivity contribution in [2.45, 2.75) is 26.3 Å². The lowest BCUT2D eigenvalue weighted by molar-refractivity contribution is -0.137. The van der Waals surface area contributed by atoms with Crippen LogP contribution in [0.2, 0.25) is 0 Å². The van der Waals surface area contributed by atoms with Gasteiger partial charge in [-0.15, -0.1) is 0 Å². The maximum atomic E-state index is 12.6. The maximum absolute atomic E-state index is 12.6. The van der Waals surface area contributed by atoms with Crippen molar-refractivity contribution >= 4 is 28.8 Å². The average molecular weight is 360 g/mol. The fourth-order valence-corrected chi connectivity index (χ4v) is 4.00. The standard InChI is InChI=1S/C18H20N2O4S/c1-4-24-13-7-5-12(6-8-13)16-15(17(22)23-3)11(2)19-18-20(16)14(21)9-10-25-18/h5-8,16H,4,9-10H2,1-3H3/t16-/m0/s1. The fourth-order valence-electron chi connectivity index (χ4n) is 3.00. The van der Waals surface area contributed by atoms with E-state index in [9.17, 15) is 9.59 Å². The van der Waals surface area contributed by atoms with Crippen LogP contribution in [0.15, 0.2) is 40.5 Å². The van der Waals surface area contributed by atoms with Gasteiger partial charge >= 0.3 is 5.97 Å². The molecule has 0 aromatic heterocycles. The number of amides is 1. The van der Waals surface area contributed by atoms with Crippen molar-refractivity contribution in [3.8, 4) is 5.75 Å². The largest absolute Gasteiger partial charge is 0.494 e. The summed E-state index contributed by atoms with van der Waals surface area (Å²) < 4.78 is 10.4. The zero-order valence-corrected chi connectivity index (χ0v) is 15.3. The fraction of sp³-hybridized carbons (Fsp3) is 0.389. The van der Waals surface area contributed by atoms with Crippen LogP contribution in [0.25, 0.3) is 0 Å². The number of nitrogens with zero attached hydrogens (tertiary/aromatic N) is 2. The summed E-state index contributed by atoms with van der Waals surface area (Å²) in [5.41, 5.74) is 1.80. The van der Waals surface area contributed by atoms with Gasteiger partial charge in [-0.25, -0.2) is 9.79 Å². The van der Waals surface area contributed by atoms with Crippen molar-refractivity contribution in [1.82, 2.24) is 4.90 Å². The molecule has 25 heavy (non-hydrogen) atoms. The van der Waals surface area contributed by atoms with Crippen molar-refractivity contribution in [3.63, 3.8) is 0 Å². The minimum atomic E-state index is -0.532. The zero-order chi connectivity index (χ0) is 18.0. The molecule has 0 aliphatic carbocycles. The Morgan fingerprint density at radius 1 is 1.36 bits per heavy atom. The minimum Gasteiger partial charge on any atom is -0.494 e. The van der Waals surface area contributed by atoms with Crippen LogP contribution in [0.3, 0.4) is 0 Å². The molecule has 3 rings (SSSR count). The smallest absolute Gasteiger partial charge is 0.338 e. The molecule has 6 nitrogen and oxygen atoms in total. The Kier molecular flexibility index (Phi) is 5.13. The molecule has 2 heterocycles. The molecular weight excluding hydrogens is 340 g/mol. The number of fused-ring (bicyclic) bond motifs is 1. The molecule has 2 aliphatic rings. The van der Waals surface area contributed by atoms with Gasteiger partial charge in [0.15, 0.2) is 5.17 Å². The number of methoxy groups -OCH3 is 1. The van der Waals surface area contributed by atoms with E-state index in [1.54, 1.807) is 11.8 Å². The van der Waals surface area contributed by atoms with Crippen molar-refractivity contribution in [3.05, 3.63) is 41.1 Å². The molecule has 2 aliphatic heterocycles. The predicted molar refractivity (Wildman–Crippen MR) is 96.4 cm³/mol. The van der Waals surface area contributed by atoms with Crippen LogP contribution >= 0.6 is 11.8 Å². The summed E-state index contributed by atoms with van der Waals surface area (Å²) in [5.74, 6) is 0.939. The maximum Gasteiger partial charge on any atom is 0.338 e. The molecule has 0 unspecified atom stereocenters. The van der Waals surface area contributed by atoms with E-state index in [0.717, 1.165) is 11.3 Å². The van der Waals surface area contributed by atoms with Gasteiger partial charge in [0.25, 0.3) is 0 Å². The number of thioether (sulfide) groups is 1. The molecule has 0 radical (unpaired) electrons. The lowest BCUT2D eigenvalue weighted by Gasteiger charge is -2.38. The summed E-state index contributed by atoms with van der Waals surface area (Å²) in [5, 5.41) is 0.639. The van der Waals surface area contributed by atoms with E-state index in [1.807, 2.05) is 31.2 Å². The Labute approximate surface area is 150 Å². The van der Waals surface area contributed by atoms with Gasteiger partial charge in [-0.2, -0.15) is 0 Å². The number of amidine groups is 1. The number of esters is 1. The van der Waals surface area contributed by atoms with Gasteiger partial charge in [0.05, 0.1) is 31.0 Å². The van der Waals surface area contributed by atoms with Crippen molar-refractivity contribution in [2.24, 2.45) is 4.99 Å². The molecule has 0 N–H and O–H groups in total. The molecule has 1 fully saturated rings. The summed E-state index contributed by atoms with van der Waals surface area (Å²) in [6, 6.07) is 6.91. The second kappa shape index (κ2) is 7.31. The van der Waals surface area contributed by atoms with Gasteiger partial charge in [0.1, 0.15) is 5.75 Å². The molecule has 1 saturated heterocycles. The van der Waals surface area contributed by atoms with E-state index < -0.39 is 12.0 Å². The second-order valence-corrected chi connectivity index (χ2v) is 6.71. The monoisotopic (exact) mass is 360 g/mol. The molecule has 1 amide bonds. The number of aliphatic imine (C=N–C) groups is 1. The highest BCUT2D eigenvalue weighted by Crippen LogP contribution is 2.40. The van der Waals surface area contributed by atoms with Crippen LogP contribution in [0.4, 0.5) is 0 Å². The summed E-state index contributed by atoms with van der Waals surface area (Å²) in [6.45, 7) is 4.27. The molecule has 132 valence electrons. The topological polar surface area (TPSA) is 68.2 Å². The Morgan fingerprint density at radius 3 is 2.72 bits per heavy atom. The van der Waals surface area contributed by atoms with E-state index in [2.05, 4.69) is 4.99 Å². The lowest BCUT2D eigenvalue weighted by atomic mass is 9.94. The van der Waals surface area contributed by atoms with Gasteiger partial charge in [0, 0.05) is 12.2 Å². The van der Waals surface area contributed by atoms with E-state index in [0.29, 0.717) is 35.2 Å². The Hall–Kier alpha value is -2.28. The number of benzene rings is 1. The SMILES string of the molecule is CCOc1ccc([C@H]2C(C(=O)OC)=C(C)N=C3SCCC(=O)N32)cc1. The number of ether oxygens (including phenoxy) is 2. The van der Waals surface area contributed by atoms with Gasteiger partial charge in [0.2, 0.25) is 5.91 Å². The molecule has 0 spiro atoms. The molecule has 1 aromatic rings. The molecule has 7 heteroatoms. The first-order valence-corrected chi connectivity index (χ1v) is 9.10. The molecule has 0 bridgehead atoms. The minimum absolute atomic E-state index is 0.0368. The summed E-state index contributed by atoms with van der Waals surface area (Å²) in [6.07, 6.45) is 0.421. The van der Waals surface area contributed by atoms with E-state index in [-0.39, 0.29) is 5.91 Å². The Balaban J connectivity index is 2.09. The average Bonchev–Trinajstić information content (AvgIpc) is 2.61. The van der Waals surface area contributed by atoms with Gasteiger partial charge < -0.3 is 9.47 Å². The zero-order valence-electron chi connectivity index (χ0n) is 14.4. The second-order valence-electron chi connectivity index (χ2n) is 5.65. The van der Waals surface area contributed by atoms with Crippen LogP contribution < -0.4 is 4.74 Å². The van der Waals surface area contributed by atoms with Crippen LogP contribution in [0.5, 0.6) is 5.75 Å². The summed E-state index contributed by atoms with van der Waals surface area (Å²) >= 11 is 1.53. The summed E-state index contributed by atoms with van der Waals surface area (Å²) in [4.78, 5) is 31.1. The van der Waals surface area contributed by atoms with Gasteiger partial charge in [-0.05, 0) is 31.5 Å². The highest BCUT2D eigenvalue weighted by Gasteiger charge is 2.41. The highest BCUT2D eigenvalue weighted by molar-refractivity contribution is 8.14. The molecular formula is C18H20N2O4S. The van der Waals surface area contributed by atoms with E-state index in [1.165, 1.54) is 18.9 Å². The molecule has 1 atom stereocenters. The Bertz CT molecular complexity index is 755. The number of carbonyl (C=O) groups excluding carboxylic acids is 2. The normalized spacial score (nSPS) is 20.1. The van der Waals surface area contributed by atoms with Gasteiger partial charge in [-0.3, -0.25) is 9.69 Å². The lowest BCUT2D eigenvalue weighted by Crippen LogP contribution is -2.45. The first kappa shape index (κ1) is 17.5. The number of hydrogen-bond donors (Lipinski definition) is 0. The Morgan fingerprint density at radius 2 is 2.08 bits per heavy atom. The third-order valence-corrected chi connectivity index (χ3v) is 5.07. The van der Waals surface area contributed by atoms with E-state index >= 15 is 0 Å². The molecule has 1 aromatic carbocycles. The third-order valence-electron chi connectivity index (χ3n) is 4.12. The quantitative estimate of drug-likeness (QED) is 0.772. The third kappa shape index (κ3) is 3.28. The van der Waals surface area contributed by atoms with Crippen molar-refractivity contribution in [2.75, 3.05) is 19.5 Å². The predicted octanol–water partition coefficient (Wildman–Crippen LogP) is 2.91. The van der Waals surface area contributed by atoms with Gasteiger partial charge in [-0.1, -0.05) is 23.9 Å². The first-order chi connectivity index (χ1) is 12.1. The number of hydrogen-bond acceptors (Lipinski definition) is 6. The molecule has 0 saturated carbocycles. The van der Waals surface area contributed by atoms with Crippen LogP contribution in [-0.2, 0) is 14.3 Å². The van der Waals surface area contributed by atoms with Crippen LogP contribution in [0, 0.1) is 0 Å². The number of allylic oxidation sites excluding steroid dienone is 1. The van der Waals surface area contributed by atoms with Crippen molar-refractivity contribution < 1.29 is 19.1 Å². The van der Waals surface area contributed by atoms with Crippen LogP contribution in [-0.4, -0.2) is 41.4 Å².